The molecule has 3 rings (SSSR count). The average Bonchev–Trinajstić information content (AvgIpc) is 2.66. The number of carboxylic acid groups (broad SMARTS) is 1. The van der Waals surface area contributed by atoms with E-state index in [1.54, 1.807) is 48.2 Å². The lowest BCUT2D eigenvalue weighted by molar-refractivity contribution is -0.154. The van der Waals surface area contributed by atoms with Crippen molar-refractivity contribution < 1.29 is 27.8 Å². The van der Waals surface area contributed by atoms with Gasteiger partial charge < -0.3 is 14.7 Å². The second-order valence-corrected chi connectivity index (χ2v) is 6.75. The fraction of sp³-hybridized carbons (Fsp3) is 0.200. The molecule has 1 aromatic carbocycles. The molecule has 0 bridgehead atoms. The van der Waals surface area contributed by atoms with Crippen molar-refractivity contribution in [3.8, 4) is 17.0 Å². The Labute approximate surface area is 169 Å². The zero-order chi connectivity index (χ0) is 21.2. The van der Waals surface area contributed by atoms with Crippen LogP contribution in [0, 0.1) is 0 Å². The predicted octanol–water partition coefficient (Wildman–Crippen LogP) is 5.08. The molecule has 5 nitrogen and oxygen atoms in total. The number of halogens is 4. The molecule has 0 aliphatic carbocycles. The summed E-state index contributed by atoms with van der Waals surface area (Å²) >= 11 is 5.91. The van der Waals surface area contributed by atoms with Crippen molar-refractivity contribution in [2.24, 2.45) is 0 Å². The van der Waals surface area contributed by atoms with Crippen LogP contribution in [0.2, 0.25) is 5.02 Å². The molecule has 9 heteroatoms. The SMILES string of the molecule is CC1=CC(C(=O)O)=CCN1c1cnc(OCC(F)(F)F)c(-c2ccc(Cl)cc2)c1. The lowest BCUT2D eigenvalue weighted by atomic mass is 10.1. The van der Waals surface area contributed by atoms with Crippen molar-refractivity contribution >= 4 is 23.3 Å². The Balaban J connectivity index is 1.98. The van der Waals surface area contributed by atoms with Gasteiger partial charge in [0.25, 0.3) is 0 Å². The minimum Gasteiger partial charge on any atom is -0.478 e. The summed E-state index contributed by atoms with van der Waals surface area (Å²) in [4.78, 5) is 17.0. The molecule has 29 heavy (non-hydrogen) atoms. The fourth-order valence-corrected chi connectivity index (χ4v) is 2.97. The molecule has 2 aromatic rings. The van der Waals surface area contributed by atoms with Crippen LogP contribution in [0.4, 0.5) is 18.9 Å². The molecule has 0 fully saturated rings. The molecule has 2 heterocycles. The van der Waals surface area contributed by atoms with Crippen LogP contribution in [0.15, 0.2) is 60.0 Å². The van der Waals surface area contributed by atoms with Gasteiger partial charge in [-0.05, 0) is 36.8 Å². The zero-order valence-electron chi connectivity index (χ0n) is 15.2. The number of pyridine rings is 1. The van der Waals surface area contributed by atoms with Gasteiger partial charge in [0, 0.05) is 22.8 Å². The highest BCUT2D eigenvalue weighted by Crippen LogP contribution is 2.35. The lowest BCUT2D eigenvalue weighted by Crippen LogP contribution is -2.25. The lowest BCUT2D eigenvalue weighted by Gasteiger charge is -2.28. The van der Waals surface area contributed by atoms with E-state index in [2.05, 4.69) is 4.98 Å². The first-order valence-electron chi connectivity index (χ1n) is 8.49. The summed E-state index contributed by atoms with van der Waals surface area (Å²) in [7, 11) is 0. The van der Waals surface area contributed by atoms with Crippen LogP contribution in [0.25, 0.3) is 11.1 Å². The Bertz CT molecular complexity index is 985. The molecule has 0 amide bonds. The Hall–Kier alpha value is -3.00. The molecule has 0 unspecified atom stereocenters. The first kappa shape index (κ1) is 20.7. The van der Waals surface area contributed by atoms with Crippen LogP contribution in [0.1, 0.15) is 6.92 Å². The monoisotopic (exact) mass is 424 g/mol. The topological polar surface area (TPSA) is 62.7 Å². The molecule has 0 saturated heterocycles. The third-order valence-electron chi connectivity index (χ3n) is 4.21. The standard InChI is InChI=1S/C20H16ClF3N2O3/c1-12-8-14(19(27)28)6-7-26(12)16-9-17(13-2-4-15(21)5-3-13)18(25-10-16)29-11-20(22,23)24/h2-6,8-10H,7,11H2,1H3,(H,27,28). The number of rotatable bonds is 5. The maximum Gasteiger partial charge on any atom is 0.422 e. The molecule has 1 N–H and O–H groups in total. The highest BCUT2D eigenvalue weighted by atomic mass is 35.5. The van der Waals surface area contributed by atoms with Gasteiger partial charge in [0.05, 0.1) is 17.5 Å². The van der Waals surface area contributed by atoms with Crippen molar-refractivity contribution in [1.82, 2.24) is 4.98 Å². The molecule has 0 spiro atoms. The van der Waals surface area contributed by atoms with Gasteiger partial charge in [-0.25, -0.2) is 9.78 Å². The van der Waals surface area contributed by atoms with E-state index in [4.69, 9.17) is 21.4 Å². The Morgan fingerprint density at radius 2 is 2.00 bits per heavy atom. The van der Waals surface area contributed by atoms with E-state index in [-0.39, 0.29) is 18.0 Å². The van der Waals surface area contributed by atoms with Gasteiger partial charge in [0.15, 0.2) is 6.61 Å². The first-order chi connectivity index (χ1) is 13.6. The summed E-state index contributed by atoms with van der Waals surface area (Å²) in [5.74, 6) is -1.19. The molecule has 1 aliphatic rings. The zero-order valence-corrected chi connectivity index (χ0v) is 16.0. The third-order valence-corrected chi connectivity index (χ3v) is 4.46. The van der Waals surface area contributed by atoms with Crippen molar-refractivity contribution in [3.05, 3.63) is 65.0 Å². The number of ether oxygens (including phenoxy) is 1. The number of aromatic nitrogens is 1. The Morgan fingerprint density at radius 3 is 2.59 bits per heavy atom. The van der Waals surface area contributed by atoms with Crippen molar-refractivity contribution in [3.63, 3.8) is 0 Å². The highest BCUT2D eigenvalue weighted by molar-refractivity contribution is 6.30. The van der Waals surface area contributed by atoms with E-state index in [1.807, 2.05) is 0 Å². The van der Waals surface area contributed by atoms with E-state index < -0.39 is 18.8 Å². The number of hydrogen-bond donors (Lipinski definition) is 1. The Kier molecular flexibility index (Phi) is 5.83. The number of allylic oxidation sites excluding steroid dienone is 1. The summed E-state index contributed by atoms with van der Waals surface area (Å²) in [5.41, 5.74) is 2.38. The van der Waals surface area contributed by atoms with E-state index >= 15 is 0 Å². The number of carbonyl (C=O) groups is 1. The van der Waals surface area contributed by atoms with E-state index in [0.717, 1.165) is 0 Å². The summed E-state index contributed by atoms with van der Waals surface area (Å²) in [6.07, 6.45) is -0.0445. The summed E-state index contributed by atoms with van der Waals surface area (Å²) in [6.45, 7) is 0.563. The van der Waals surface area contributed by atoms with Crippen molar-refractivity contribution in [2.75, 3.05) is 18.1 Å². The number of nitrogens with zero attached hydrogens (tertiary/aromatic N) is 2. The third kappa shape index (κ3) is 5.08. The van der Waals surface area contributed by atoms with Crippen LogP contribution in [-0.4, -0.2) is 35.4 Å². The number of aliphatic carboxylic acids is 1. The second-order valence-electron chi connectivity index (χ2n) is 6.32. The normalized spacial score (nSPS) is 14.3. The average molecular weight is 425 g/mol. The summed E-state index contributed by atoms with van der Waals surface area (Å²) in [5, 5.41) is 9.61. The molecule has 1 aliphatic heterocycles. The van der Waals surface area contributed by atoms with Crippen molar-refractivity contribution in [2.45, 2.75) is 13.1 Å². The van der Waals surface area contributed by atoms with Gasteiger partial charge in [-0.1, -0.05) is 29.8 Å². The number of carboxylic acids is 1. The fourth-order valence-electron chi connectivity index (χ4n) is 2.84. The number of benzene rings is 1. The molecular weight excluding hydrogens is 409 g/mol. The minimum absolute atomic E-state index is 0.159. The van der Waals surface area contributed by atoms with E-state index in [1.165, 1.54) is 12.3 Å². The quantitative estimate of drug-likeness (QED) is 0.725. The highest BCUT2D eigenvalue weighted by Gasteiger charge is 2.29. The minimum atomic E-state index is -4.50. The first-order valence-corrected chi connectivity index (χ1v) is 8.86. The van der Waals surface area contributed by atoms with Gasteiger partial charge in [-0.15, -0.1) is 0 Å². The molecule has 0 radical (unpaired) electrons. The molecule has 0 saturated carbocycles. The van der Waals surface area contributed by atoms with E-state index in [0.29, 0.717) is 27.5 Å². The smallest absolute Gasteiger partial charge is 0.422 e. The van der Waals surface area contributed by atoms with Gasteiger partial charge in [-0.3, -0.25) is 0 Å². The van der Waals surface area contributed by atoms with Gasteiger partial charge in [0.1, 0.15) is 0 Å². The van der Waals surface area contributed by atoms with Crippen molar-refractivity contribution in [1.29, 1.82) is 0 Å². The van der Waals surface area contributed by atoms with Gasteiger partial charge in [0.2, 0.25) is 5.88 Å². The van der Waals surface area contributed by atoms with Crippen LogP contribution in [0.3, 0.4) is 0 Å². The second kappa shape index (κ2) is 8.16. The van der Waals surface area contributed by atoms with Crippen LogP contribution >= 0.6 is 11.6 Å². The number of anilines is 1. The van der Waals surface area contributed by atoms with Crippen LogP contribution in [0.5, 0.6) is 5.88 Å². The number of alkyl halides is 3. The van der Waals surface area contributed by atoms with Gasteiger partial charge >= 0.3 is 12.1 Å². The van der Waals surface area contributed by atoms with Gasteiger partial charge in [-0.2, -0.15) is 13.2 Å². The maximum absolute atomic E-state index is 12.6. The predicted molar refractivity (Wildman–Crippen MR) is 103 cm³/mol. The Morgan fingerprint density at radius 1 is 1.31 bits per heavy atom. The molecule has 152 valence electrons. The summed E-state index contributed by atoms with van der Waals surface area (Å²) < 4.78 is 42.7. The molecule has 1 aromatic heterocycles. The molecular formula is C20H16ClF3N2O3. The van der Waals surface area contributed by atoms with E-state index in [9.17, 15) is 18.0 Å². The maximum atomic E-state index is 12.6. The van der Waals surface area contributed by atoms with Crippen LogP contribution < -0.4 is 9.64 Å². The largest absolute Gasteiger partial charge is 0.478 e. The van der Waals surface area contributed by atoms with Crippen LogP contribution in [-0.2, 0) is 4.79 Å². The number of hydrogen-bond acceptors (Lipinski definition) is 4. The summed E-state index contributed by atoms with van der Waals surface area (Å²) in [6, 6.07) is 8.20. The molecule has 0 atom stereocenters.